The van der Waals surface area contributed by atoms with Gasteiger partial charge in [-0.15, -0.1) is 0 Å². The average Bonchev–Trinajstić information content (AvgIpc) is 3.43. The minimum atomic E-state index is -1.30. The number of aromatic nitrogens is 1. The summed E-state index contributed by atoms with van der Waals surface area (Å²) in [5.74, 6) is -3.66. The molecular weight excluding hydrogens is 507 g/mol. The molecule has 1 saturated carbocycles. The van der Waals surface area contributed by atoms with Crippen molar-refractivity contribution in [1.29, 1.82) is 0 Å². The number of carbonyl (C=O) groups excluding carboxylic acids is 3. The Hall–Kier alpha value is -3.34. The molecule has 200 valence electrons. The van der Waals surface area contributed by atoms with E-state index in [0.717, 1.165) is 18.9 Å². The second-order valence-corrected chi connectivity index (χ2v) is 10.9. The van der Waals surface area contributed by atoms with Crippen LogP contribution in [0.2, 0.25) is 5.02 Å². The number of nitrogens with one attached hydrogen (secondary N) is 4. The summed E-state index contributed by atoms with van der Waals surface area (Å²) in [4.78, 5) is 53.1. The first-order valence-corrected chi connectivity index (χ1v) is 12.5. The van der Waals surface area contributed by atoms with Crippen LogP contribution in [0.4, 0.5) is 4.39 Å². The van der Waals surface area contributed by atoms with Gasteiger partial charge in [0.05, 0.1) is 17.6 Å². The van der Waals surface area contributed by atoms with Gasteiger partial charge in [0.15, 0.2) is 0 Å². The fourth-order valence-corrected chi connectivity index (χ4v) is 5.12. The zero-order chi connectivity index (χ0) is 27.1. The van der Waals surface area contributed by atoms with Crippen molar-refractivity contribution in [2.75, 3.05) is 7.11 Å². The van der Waals surface area contributed by atoms with Crippen molar-refractivity contribution in [3.05, 3.63) is 28.7 Å². The summed E-state index contributed by atoms with van der Waals surface area (Å²) in [5.41, 5.74) is -0.440. The molecule has 3 atom stereocenters. The van der Waals surface area contributed by atoms with Crippen LogP contribution in [0, 0.1) is 17.7 Å². The van der Waals surface area contributed by atoms with E-state index in [1.54, 1.807) is 0 Å². The molecule has 2 aromatic rings. The Morgan fingerprint density at radius 3 is 2.49 bits per heavy atom. The molecule has 1 aromatic carbocycles. The molecule has 0 spiro atoms. The van der Waals surface area contributed by atoms with Gasteiger partial charge in [0, 0.05) is 16.8 Å². The number of rotatable bonds is 10. The lowest BCUT2D eigenvalue weighted by molar-refractivity contribution is -0.142. The van der Waals surface area contributed by atoms with E-state index in [1.807, 2.05) is 13.8 Å². The van der Waals surface area contributed by atoms with Gasteiger partial charge < -0.3 is 30.8 Å². The zero-order valence-electron chi connectivity index (χ0n) is 20.7. The van der Waals surface area contributed by atoms with Gasteiger partial charge >= 0.3 is 5.97 Å². The molecule has 2 heterocycles. The Balaban J connectivity index is 1.50. The van der Waals surface area contributed by atoms with E-state index in [4.69, 9.17) is 16.3 Å². The van der Waals surface area contributed by atoms with Crippen molar-refractivity contribution in [2.45, 2.75) is 63.6 Å². The van der Waals surface area contributed by atoms with E-state index in [-0.39, 0.29) is 45.6 Å². The molecule has 37 heavy (non-hydrogen) atoms. The fraction of sp³-hybridized carbons (Fsp3) is 0.520. The highest BCUT2D eigenvalue weighted by atomic mass is 35.5. The maximum absolute atomic E-state index is 14.4. The third kappa shape index (κ3) is 5.98. The summed E-state index contributed by atoms with van der Waals surface area (Å²) in [6.45, 7) is 3.69. The summed E-state index contributed by atoms with van der Waals surface area (Å²) in [5, 5.41) is 18.0. The van der Waals surface area contributed by atoms with Crippen LogP contribution >= 0.6 is 11.6 Å². The number of aliphatic carboxylic acids is 1. The first-order valence-electron chi connectivity index (χ1n) is 12.1. The molecule has 4 rings (SSSR count). The number of aromatic amines is 1. The molecule has 1 saturated heterocycles. The maximum atomic E-state index is 14.4. The Kier molecular flexibility index (Phi) is 7.36. The Morgan fingerprint density at radius 2 is 1.92 bits per heavy atom. The minimum absolute atomic E-state index is 0.0114. The van der Waals surface area contributed by atoms with Gasteiger partial charge in [-0.3, -0.25) is 14.4 Å². The molecular formula is C25H30ClFN4O6. The van der Waals surface area contributed by atoms with Gasteiger partial charge in [0.2, 0.25) is 11.8 Å². The molecule has 10 nitrogen and oxygen atoms in total. The number of benzene rings is 1. The van der Waals surface area contributed by atoms with Crippen LogP contribution in [0.3, 0.4) is 0 Å². The molecule has 2 fully saturated rings. The summed E-state index contributed by atoms with van der Waals surface area (Å²) < 4.78 is 19.7. The molecule has 0 bridgehead atoms. The van der Waals surface area contributed by atoms with Crippen LogP contribution in [0.1, 0.15) is 56.4 Å². The van der Waals surface area contributed by atoms with E-state index in [1.165, 1.54) is 13.2 Å². The molecule has 12 heteroatoms. The summed E-state index contributed by atoms with van der Waals surface area (Å²) in [6, 6.07) is 0.134. The number of halogens is 2. The van der Waals surface area contributed by atoms with Gasteiger partial charge in [-0.1, -0.05) is 24.4 Å². The fourth-order valence-electron chi connectivity index (χ4n) is 4.85. The lowest BCUT2D eigenvalue weighted by Crippen LogP contribution is -2.52. The van der Waals surface area contributed by atoms with E-state index in [0.29, 0.717) is 12.8 Å². The SMILES string of the molecule is COc1c(Cl)cc(F)c2[nH]c(C(=O)NC(CC3CC3)C(=O)NC(CC3CC(C)(C)NC3=O)C(=O)O)cc12. The van der Waals surface area contributed by atoms with Crippen LogP contribution < -0.4 is 20.7 Å². The second kappa shape index (κ2) is 10.2. The topological polar surface area (TPSA) is 150 Å². The lowest BCUT2D eigenvalue weighted by Gasteiger charge is -2.22. The molecule has 1 aromatic heterocycles. The molecule has 5 N–H and O–H groups in total. The zero-order valence-corrected chi connectivity index (χ0v) is 21.5. The third-order valence-electron chi connectivity index (χ3n) is 6.83. The van der Waals surface area contributed by atoms with Gasteiger partial charge in [-0.25, -0.2) is 9.18 Å². The summed E-state index contributed by atoms with van der Waals surface area (Å²) in [6.07, 6.45) is 2.49. The normalized spacial score (nSPS) is 20.2. The van der Waals surface area contributed by atoms with Crippen LogP contribution in [0.25, 0.3) is 10.9 Å². The molecule has 3 amide bonds. The number of fused-ring (bicyclic) bond motifs is 1. The Bertz CT molecular complexity index is 1260. The van der Waals surface area contributed by atoms with Crippen LogP contribution in [0.5, 0.6) is 5.75 Å². The van der Waals surface area contributed by atoms with Gasteiger partial charge in [0.25, 0.3) is 5.91 Å². The van der Waals surface area contributed by atoms with E-state index >= 15 is 0 Å². The number of carbonyl (C=O) groups is 4. The number of H-pyrrole nitrogens is 1. The monoisotopic (exact) mass is 536 g/mol. The molecule has 1 aliphatic carbocycles. The molecule has 1 aliphatic heterocycles. The van der Waals surface area contributed by atoms with E-state index < -0.39 is 47.1 Å². The quantitative estimate of drug-likeness (QED) is 0.315. The maximum Gasteiger partial charge on any atom is 0.326 e. The van der Waals surface area contributed by atoms with Crippen LogP contribution in [0.15, 0.2) is 12.1 Å². The largest absolute Gasteiger partial charge is 0.494 e. The van der Waals surface area contributed by atoms with Crippen LogP contribution in [-0.2, 0) is 14.4 Å². The number of methoxy groups -OCH3 is 1. The first-order chi connectivity index (χ1) is 17.4. The molecule has 0 radical (unpaired) electrons. The molecule has 2 aliphatic rings. The van der Waals surface area contributed by atoms with Crippen molar-refractivity contribution in [3.8, 4) is 5.75 Å². The summed E-state index contributed by atoms with van der Waals surface area (Å²) in [7, 11) is 1.37. The van der Waals surface area contributed by atoms with E-state index in [9.17, 15) is 28.7 Å². The summed E-state index contributed by atoms with van der Waals surface area (Å²) >= 11 is 6.04. The first kappa shape index (κ1) is 26.7. The average molecular weight is 537 g/mol. The highest BCUT2D eigenvalue weighted by Gasteiger charge is 2.40. The van der Waals surface area contributed by atoms with Crippen molar-refractivity contribution < 1.29 is 33.4 Å². The number of carboxylic acid groups (broad SMARTS) is 1. The number of ether oxygens (including phenoxy) is 1. The van der Waals surface area contributed by atoms with Gasteiger partial charge in [-0.05, 0) is 51.2 Å². The van der Waals surface area contributed by atoms with Crippen molar-refractivity contribution in [2.24, 2.45) is 11.8 Å². The number of carboxylic acids is 1. The predicted octanol–water partition coefficient (Wildman–Crippen LogP) is 2.74. The van der Waals surface area contributed by atoms with Crippen LogP contribution in [-0.4, -0.2) is 58.5 Å². The Morgan fingerprint density at radius 1 is 1.22 bits per heavy atom. The second-order valence-electron chi connectivity index (χ2n) is 10.5. The van der Waals surface area contributed by atoms with Gasteiger partial charge in [0.1, 0.15) is 29.3 Å². The smallest absolute Gasteiger partial charge is 0.326 e. The van der Waals surface area contributed by atoms with Crippen molar-refractivity contribution in [1.82, 2.24) is 20.9 Å². The molecule has 3 unspecified atom stereocenters. The van der Waals surface area contributed by atoms with Crippen molar-refractivity contribution in [3.63, 3.8) is 0 Å². The number of hydrogen-bond donors (Lipinski definition) is 5. The number of amides is 3. The Labute approximate surface area is 217 Å². The minimum Gasteiger partial charge on any atom is -0.494 e. The highest BCUT2D eigenvalue weighted by Crippen LogP contribution is 2.36. The number of hydrogen-bond acceptors (Lipinski definition) is 5. The van der Waals surface area contributed by atoms with E-state index in [2.05, 4.69) is 20.9 Å². The van der Waals surface area contributed by atoms with Gasteiger partial charge in [-0.2, -0.15) is 0 Å². The lowest BCUT2D eigenvalue weighted by atomic mass is 9.91. The third-order valence-corrected chi connectivity index (χ3v) is 7.11. The van der Waals surface area contributed by atoms with Crippen molar-refractivity contribution >= 4 is 46.2 Å². The standard InChI is InChI=1S/C25H30ClFN4O6/c1-25(2)10-12(21(32)31-25)7-18(24(35)36)30-22(33)16(6-11-4-5-11)29-23(34)17-8-13-19(28-17)15(27)9-14(26)20(13)37-3/h8-9,11-12,16,18,28H,4-7,10H2,1-3H3,(H,29,34)(H,30,33)(H,31,32)(H,35,36). The predicted molar refractivity (Wildman–Crippen MR) is 133 cm³/mol. The highest BCUT2D eigenvalue weighted by molar-refractivity contribution is 6.33.